The zero-order chi connectivity index (χ0) is 9.36. The van der Waals surface area contributed by atoms with Crippen LogP contribution in [-0.4, -0.2) is 28.1 Å². The summed E-state index contributed by atoms with van der Waals surface area (Å²) in [7, 11) is 0. The van der Waals surface area contributed by atoms with E-state index in [-0.39, 0.29) is 0 Å². The second kappa shape index (κ2) is 1.49. The number of hydrogen-bond acceptors (Lipinski definition) is 3. The van der Waals surface area contributed by atoms with E-state index in [1.165, 1.54) is 0 Å². The minimum absolute atomic E-state index is 0.663. The molecule has 3 atom stereocenters. The van der Waals surface area contributed by atoms with E-state index in [4.69, 9.17) is 11.5 Å². The zero-order valence-corrected chi connectivity index (χ0v) is 6.05. The van der Waals surface area contributed by atoms with E-state index in [1.54, 1.807) is 0 Å². The molecule has 2 rings (SSSR count). The normalized spacial score (nSPS) is 53.8. The first-order valence-corrected chi connectivity index (χ1v) is 3.46. The highest BCUT2D eigenvalue weighted by Crippen LogP contribution is 2.72. The fourth-order valence-corrected chi connectivity index (χ4v) is 2.19. The predicted molar refractivity (Wildman–Crippen MR) is 34.1 cm³/mol. The Kier molecular flexibility index (Phi) is 0.979. The van der Waals surface area contributed by atoms with Gasteiger partial charge in [-0.2, -0.15) is 0 Å². The molecule has 0 aromatic heterocycles. The second-order valence-corrected chi connectivity index (χ2v) is 3.54. The molecule has 0 aliphatic heterocycles. The molecule has 0 radical (unpaired) electrons. The predicted octanol–water partition coefficient (Wildman–Crippen LogP) is -1.43. The molecule has 2 aliphatic rings. The average Bonchev–Trinajstić information content (AvgIpc) is 2.24. The highest BCUT2D eigenvalue weighted by Gasteiger charge is 2.94. The zero-order valence-electron chi connectivity index (χ0n) is 6.05. The fraction of sp³-hybridized carbons (Fsp3) is 0.833. The summed E-state index contributed by atoms with van der Waals surface area (Å²) in [6, 6.07) is 0. The summed E-state index contributed by atoms with van der Waals surface area (Å²) in [6.45, 7) is 0. The highest BCUT2D eigenvalue weighted by molar-refractivity contribution is 5.92. The van der Waals surface area contributed by atoms with Crippen molar-refractivity contribution in [2.24, 2.45) is 17.4 Å². The summed E-state index contributed by atoms with van der Waals surface area (Å²) in [5.74, 6) is -5.68. The van der Waals surface area contributed by atoms with Gasteiger partial charge in [0.2, 0.25) is 0 Å². The lowest BCUT2D eigenvalue weighted by molar-refractivity contribution is -0.131. The smallest absolute Gasteiger partial charge is 0.258 e. The van der Waals surface area contributed by atoms with E-state index in [2.05, 4.69) is 0 Å². The van der Waals surface area contributed by atoms with Crippen LogP contribution in [0.2, 0.25) is 0 Å². The number of halogens is 2. The molecule has 6 heteroatoms. The molecule has 2 fully saturated rings. The van der Waals surface area contributed by atoms with Crippen LogP contribution in [0.25, 0.3) is 0 Å². The van der Waals surface area contributed by atoms with E-state index in [9.17, 15) is 18.7 Å². The minimum Gasteiger partial charge on any atom is -0.378 e. The summed E-state index contributed by atoms with van der Waals surface area (Å²) < 4.78 is 25.3. The van der Waals surface area contributed by atoms with Gasteiger partial charge in [0.15, 0.2) is 5.60 Å². The van der Waals surface area contributed by atoms with Crippen molar-refractivity contribution in [1.29, 1.82) is 0 Å². The Morgan fingerprint density at radius 3 is 2.17 bits per heavy atom. The van der Waals surface area contributed by atoms with Gasteiger partial charge in [0, 0.05) is 6.42 Å². The molecule has 5 N–H and O–H groups in total. The average molecular weight is 178 g/mol. The van der Waals surface area contributed by atoms with Crippen molar-refractivity contribution in [3.63, 3.8) is 0 Å². The maximum Gasteiger partial charge on any atom is 0.258 e. The van der Waals surface area contributed by atoms with Crippen molar-refractivity contribution in [2.45, 2.75) is 23.5 Å². The molecule has 0 spiro atoms. The van der Waals surface area contributed by atoms with Crippen LogP contribution in [0.15, 0.2) is 0 Å². The second-order valence-electron chi connectivity index (χ2n) is 3.54. The number of carbonyl (C=O) groups excluding carboxylic acids is 1. The first-order chi connectivity index (χ1) is 5.27. The van der Waals surface area contributed by atoms with Gasteiger partial charge in [-0.15, -0.1) is 0 Å². The third-order valence-electron chi connectivity index (χ3n) is 2.89. The lowest BCUT2D eigenvalue weighted by Gasteiger charge is -2.29. The van der Waals surface area contributed by atoms with E-state index >= 15 is 0 Å². The van der Waals surface area contributed by atoms with Crippen LogP contribution in [-0.2, 0) is 4.79 Å². The van der Waals surface area contributed by atoms with Crippen molar-refractivity contribution in [3.05, 3.63) is 0 Å². The van der Waals surface area contributed by atoms with Crippen LogP contribution in [0.4, 0.5) is 8.78 Å². The number of carbonyl (C=O) groups is 1. The summed E-state index contributed by atoms with van der Waals surface area (Å²) in [4.78, 5) is 10.6. The molecule has 0 aromatic rings. The number of alkyl halides is 2. The van der Waals surface area contributed by atoms with Gasteiger partial charge in [-0.1, -0.05) is 0 Å². The van der Waals surface area contributed by atoms with E-state index in [0.29, 0.717) is 0 Å². The van der Waals surface area contributed by atoms with Crippen LogP contribution in [0.1, 0.15) is 6.42 Å². The van der Waals surface area contributed by atoms with Gasteiger partial charge in [-0.3, -0.25) is 4.79 Å². The molecule has 0 aromatic carbocycles. The topological polar surface area (TPSA) is 89.3 Å². The third-order valence-corrected chi connectivity index (χ3v) is 2.89. The lowest BCUT2D eigenvalue weighted by Crippen LogP contribution is -2.49. The Hall–Kier alpha value is -0.750. The molecule has 2 aliphatic carbocycles. The Morgan fingerprint density at radius 1 is 1.58 bits per heavy atom. The van der Waals surface area contributed by atoms with Gasteiger partial charge in [-0.05, 0) is 0 Å². The number of nitrogens with two attached hydrogens (primary N) is 2. The first kappa shape index (κ1) is 7.88. The summed E-state index contributed by atoms with van der Waals surface area (Å²) in [5.41, 5.74) is 6.42. The first-order valence-electron chi connectivity index (χ1n) is 3.46. The molecule has 0 saturated heterocycles. The Morgan fingerprint density at radius 2 is 2.08 bits per heavy atom. The van der Waals surface area contributed by atoms with Crippen molar-refractivity contribution in [3.8, 4) is 0 Å². The number of hydrogen-bond donors (Lipinski definition) is 3. The Bertz CT molecular complexity index is 283. The van der Waals surface area contributed by atoms with E-state index in [1.807, 2.05) is 0 Å². The van der Waals surface area contributed by atoms with Crippen LogP contribution >= 0.6 is 0 Å². The highest BCUT2D eigenvalue weighted by atomic mass is 19.3. The minimum atomic E-state index is -3.04. The third kappa shape index (κ3) is 0.479. The molecule has 1 amide bonds. The molecule has 0 heterocycles. The molecular formula is C6H8F2N2O2. The Labute approximate surface area is 66.5 Å². The monoisotopic (exact) mass is 178 g/mol. The van der Waals surface area contributed by atoms with Gasteiger partial charge >= 0.3 is 0 Å². The molecule has 2 saturated carbocycles. The van der Waals surface area contributed by atoms with Gasteiger partial charge in [0.1, 0.15) is 0 Å². The summed E-state index contributed by atoms with van der Waals surface area (Å²) in [6.07, 6.45) is -0.663. The van der Waals surface area contributed by atoms with Crippen LogP contribution in [0, 0.1) is 5.92 Å². The van der Waals surface area contributed by atoms with Crippen molar-refractivity contribution in [2.75, 3.05) is 0 Å². The lowest BCUT2D eigenvalue weighted by atomic mass is 9.89. The van der Waals surface area contributed by atoms with E-state index in [0.717, 1.165) is 0 Å². The number of amides is 1. The van der Waals surface area contributed by atoms with Gasteiger partial charge in [0.05, 0.1) is 11.5 Å². The van der Waals surface area contributed by atoms with Crippen molar-refractivity contribution >= 4 is 5.91 Å². The van der Waals surface area contributed by atoms with Gasteiger partial charge < -0.3 is 16.6 Å². The standard InChI is InChI=1S/C6H8F2N2O2/c7-5(8)1-4(10)2(5)6(4,12)3(9)11/h2,12H,1,10H2,(H2,9,11)/t2?,4-,6?/m1/s1. The van der Waals surface area contributed by atoms with Crippen molar-refractivity contribution < 1.29 is 18.7 Å². The maximum absolute atomic E-state index is 12.6. The molecule has 2 unspecified atom stereocenters. The molecule has 12 heavy (non-hydrogen) atoms. The maximum atomic E-state index is 12.6. The van der Waals surface area contributed by atoms with Crippen LogP contribution < -0.4 is 11.5 Å². The van der Waals surface area contributed by atoms with Gasteiger partial charge in [0.25, 0.3) is 11.8 Å². The number of fused-ring (bicyclic) bond motifs is 1. The molecule has 68 valence electrons. The van der Waals surface area contributed by atoms with Crippen LogP contribution in [0.3, 0.4) is 0 Å². The molecule has 0 bridgehead atoms. The summed E-state index contributed by atoms with van der Waals surface area (Å²) in [5, 5.41) is 9.32. The number of rotatable bonds is 1. The number of primary amides is 1. The quantitative estimate of drug-likeness (QED) is 0.459. The summed E-state index contributed by atoms with van der Waals surface area (Å²) >= 11 is 0. The molecule has 4 nitrogen and oxygen atoms in total. The molecular weight excluding hydrogens is 170 g/mol. The van der Waals surface area contributed by atoms with Gasteiger partial charge in [-0.25, -0.2) is 8.78 Å². The van der Waals surface area contributed by atoms with Crippen molar-refractivity contribution in [1.82, 2.24) is 0 Å². The largest absolute Gasteiger partial charge is 0.378 e. The SMILES string of the molecule is NC(=O)C1(O)C2C(F)(F)C[C@@]21N. The van der Waals surface area contributed by atoms with E-state index < -0.39 is 35.3 Å². The number of aliphatic hydroxyl groups is 1. The Balaban J connectivity index is 2.33. The fourth-order valence-electron chi connectivity index (χ4n) is 2.19. The van der Waals surface area contributed by atoms with Crippen LogP contribution in [0.5, 0.6) is 0 Å².